The van der Waals surface area contributed by atoms with Crippen molar-refractivity contribution in [3.05, 3.63) is 0 Å². The third kappa shape index (κ3) is 6.19. The Bertz CT molecular complexity index is 98.4. The molecule has 0 heterocycles. The highest BCUT2D eigenvalue weighted by atomic mass is 19.3. The Morgan fingerprint density at radius 2 is 1.82 bits per heavy atom. The van der Waals surface area contributed by atoms with Gasteiger partial charge in [-0.15, -0.1) is 0 Å². The van der Waals surface area contributed by atoms with E-state index in [2.05, 4.69) is 5.48 Å². The summed E-state index contributed by atoms with van der Waals surface area (Å²) in [6, 6.07) is -0.895. The van der Waals surface area contributed by atoms with Gasteiger partial charge in [-0.2, -0.15) is 5.48 Å². The lowest BCUT2D eigenvalue weighted by Crippen LogP contribution is -2.33. The van der Waals surface area contributed by atoms with Crippen LogP contribution in [0.5, 0.6) is 0 Å². The minimum Gasteiger partial charge on any atom is -0.301 e. The van der Waals surface area contributed by atoms with E-state index in [-0.39, 0.29) is 0 Å². The minimum atomic E-state index is -2.37. The van der Waals surface area contributed by atoms with E-state index >= 15 is 0 Å². The molecule has 0 aromatic rings. The fourth-order valence-corrected chi connectivity index (χ4v) is 0.398. The van der Waals surface area contributed by atoms with Gasteiger partial charge >= 0.3 is 0 Å². The minimum absolute atomic E-state index is 0.354. The lowest BCUT2D eigenvalue weighted by atomic mass is 10.2. The lowest BCUT2D eigenvalue weighted by Gasteiger charge is -2.13. The van der Waals surface area contributed by atoms with Crippen LogP contribution in [0, 0.1) is 5.92 Å². The standard InChI is InChI=1S/C7H15F2NO/c1-5(2)4-11-10-6(3)7(8)9/h5-7,10H,4H2,1-3H3. The molecule has 1 unspecified atom stereocenters. The number of alkyl halides is 2. The molecule has 0 aromatic heterocycles. The highest BCUT2D eigenvalue weighted by molar-refractivity contribution is 4.55. The second-order valence-electron chi connectivity index (χ2n) is 2.95. The summed E-state index contributed by atoms with van der Waals surface area (Å²) < 4.78 is 23.6. The molecule has 0 radical (unpaired) electrons. The third-order valence-corrected chi connectivity index (χ3v) is 1.06. The van der Waals surface area contributed by atoms with Crippen molar-refractivity contribution >= 4 is 0 Å². The Labute approximate surface area is 65.9 Å². The molecule has 2 nitrogen and oxygen atoms in total. The van der Waals surface area contributed by atoms with Gasteiger partial charge in [-0.25, -0.2) is 8.78 Å². The first-order chi connectivity index (χ1) is 5.04. The van der Waals surface area contributed by atoms with Crippen molar-refractivity contribution < 1.29 is 13.6 Å². The molecule has 0 aliphatic carbocycles. The molecule has 0 aliphatic rings. The maximum Gasteiger partial charge on any atom is 0.255 e. The van der Waals surface area contributed by atoms with Gasteiger partial charge in [0, 0.05) is 0 Å². The van der Waals surface area contributed by atoms with Gasteiger partial charge in [0.1, 0.15) is 0 Å². The fraction of sp³-hybridized carbons (Fsp3) is 1.00. The van der Waals surface area contributed by atoms with E-state index in [1.54, 1.807) is 0 Å². The average molecular weight is 167 g/mol. The highest BCUT2D eigenvalue weighted by Crippen LogP contribution is 1.99. The van der Waals surface area contributed by atoms with Crippen LogP contribution in [-0.4, -0.2) is 19.1 Å². The normalized spacial score (nSPS) is 14.5. The Kier molecular flexibility index (Phi) is 5.32. The number of hydrogen-bond donors (Lipinski definition) is 1. The van der Waals surface area contributed by atoms with Gasteiger partial charge in [0.05, 0.1) is 12.6 Å². The maximum atomic E-state index is 11.8. The largest absolute Gasteiger partial charge is 0.301 e. The van der Waals surface area contributed by atoms with E-state index in [4.69, 9.17) is 4.84 Å². The van der Waals surface area contributed by atoms with Crippen molar-refractivity contribution in [2.45, 2.75) is 33.2 Å². The first kappa shape index (κ1) is 10.8. The van der Waals surface area contributed by atoms with Gasteiger partial charge in [0.15, 0.2) is 0 Å². The predicted molar refractivity (Wildman–Crippen MR) is 39.4 cm³/mol. The Morgan fingerprint density at radius 3 is 2.18 bits per heavy atom. The molecule has 11 heavy (non-hydrogen) atoms. The molecule has 0 bridgehead atoms. The van der Waals surface area contributed by atoms with Gasteiger partial charge in [-0.3, -0.25) is 0 Å². The molecule has 0 aliphatic heterocycles. The molecule has 0 saturated heterocycles. The summed E-state index contributed by atoms with van der Waals surface area (Å²) in [5.41, 5.74) is 2.26. The van der Waals surface area contributed by atoms with Crippen LogP contribution in [0.3, 0.4) is 0 Å². The average Bonchev–Trinajstić information content (AvgIpc) is 1.86. The second kappa shape index (κ2) is 5.43. The van der Waals surface area contributed by atoms with E-state index in [1.807, 2.05) is 13.8 Å². The first-order valence-corrected chi connectivity index (χ1v) is 3.69. The number of hydrogen-bond acceptors (Lipinski definition) is 2. The van der Waals surface area contributed by atoms with Crippen LogP contribution >= 0.6 is 0 Å². The van der Waals surface area contributed by atoms with Crippen LogP contribution in [0.15, 0.2) is 0 Å². The second-order valence-corrected chi connectivity index (χ2v) is 2.95. The number of halogens is 2. The zero-order chi connectivity index (χ0) is 8.85. The molecular formula is C7H15F2NO. The summed E-state index contributed by atoms with van der Waals surface area (Å²) in [6.07, 6.45) is -2.37. The van der Waals surface area contributed by atoms with Crippen molar-refractivity contribution in [3.8, 4) is 0 Å². The van der Waals surface area contributed by atoms with Crippen molar-refractivity contribution in [2.24, 2.45) is 5.92 Å². The van der Waals surface area contributed by atoms with Gasteiger partial charge in [-0.05, 0) is 12.8 Å². The molecule has 0 saturated carbocycles. The van der Waals surface area contributed by atoms with Crippen molar-refractivity contribution in [1.82, 2.24) is 5.48 Å². The van der Waals surface area contributed by atoms with Gasteiger partial charge in [-0.1, -0.05) is 13.8 Å². The summed E-state index contributed by atoms with van der Waals surface area (Å²) in [6.45, 7) is 5.74. The van der Waals surface area contributed by atoms with E-state index < -0.39 is 12.5 Å². The summed E-state index contributed by atoms with van der Waals surface area (Å²) in [7, 11) is 0. The van der Waals surface area contributed by atoms with Crippen LogP contribution in [0.2, 0.25) is 0 Å². The van der Waals surface area contributed by atoms with E-state index in [1.165, 1.54) is 6.92 Å². The van der Waals surface area contributed by atoms with Crippen molar-refractivity contribution in [2.75, 3.05) is 6.61 Å². The summed E-state index contributed by atoms with van der Waals surface area (Å²) in [5.74, 6) is 0.354. The Balaban J connectivity index is 3.24. The lowest BCUT2D eigenvalue weighted by molar-refractivity contribution is -0.0373. The molecular weight excluding hydrogens is 152 g/mol. The van der Waals surface area contributed by atoms with Gasteiger partial charge in [0.25, 0.3) is 6.43 Å². The third-order valence-electron chi connectivity index (χ3n) is 1.06. The zero-order valence-electron chi connectivity index (χ0n) is 7.10. The zero-order valence-corrected chi connectivity index (χ0v) is 7.10. The molecule has 68 valence electrons. The van der Waals surface area contributed by atoms with Crippen LogP contribution in [0.25, 0.3) is 0 Å². The summed E-state index contributed by atoms with van der Waals surface area (Å²) >= 11 is 0. The first-order valence-electron chi connectivity index (χ1n) is 3.69. The smallest absolute Gasteiger partial charge is 0.255 e. The van der Waals surface area contributed by atoms with Gasteiger partial charge in [0.2, 0.25) is 0 Å². The summed E-state index contributed by atoms with van der Waals surface area (Å²) in [5, 5.41) is 0. The van der Waals surface area contributed by atoms with Crippen molar-refractivity contribution in [3.63, 3.8) is 0 Å². The topological polar surface area (TPSA) is 21.3 Å². The number of nitrogens with one attached hydrogen (secondary N) is 1. The predicted octanol–water partition coefficient (Wildman–Crippen LogP) is 1.82. The van der Waals surface area contributed by atoms with Crippen LogP contribution in [0.1, 0.15) is 20.8 Å². The Hall–Kier alpha value is -0.220. The Morgan fingerprint density at radius 1 is 1.27 bits per heavy atom. The van der Waals surface area contributed by atoms with Crippen LogP contribution in [-0.2, 0) is 4.84 Å². The van der Waals surface area contributed by atoms with Gasteiger partial charge < -0.3 is 4.84 Å². The SMILES string of the molecule is CC(C)CONC(C)C(F)F. The fourth-order valence-electron chi connectivity index (χ4n) is 0.398. The van der Waals surface area contributed by atoms with E-state index in [0.717, 1.165) is 0 Å². The number of hydroxylamine groups is 1. The number of rotatable bonds is 5. The molecule has 0 rings (SSSR count). The molecule has 4 heteroatoms. The quantitative estimate of drug-likeness (QED) is 0.630. The molecule has 1 N–H and O–H groups in total. The molecule has 0 aromatic carbocycles. The molecule has 1 atom stereocenters. The van der Waals surface area contributed by atoms with E-state index in [9.17, 15) is 8.78 Å². The maximum absolute atomic E-state index is 11.8. The molecule has 0 spiro atoms. The van der Waals surface area contributed by atoms with E-state index in [0.29, 0.717) is 12.5 Å². The molecule has 0 fully saturated rings. The van der Waals surface area contributed by atoms with Crippen LogP contribution < -0.4 is 5.48 Å². The van der Waals surface area contributed by atoms with Crippen molar-refractivity contribution in [1.29, 1.82) is 0 Å². The monoisotopic (exact) mass is 167 g/mol. The molecule has 0 amide bonds. The summed E-state index contributed by atoms with van der Waals surface area (Å²) in [4.78, 5) is 4.79. The van der Waals surface area contributed by atoms with Crippen LogP contribution in [0.4, 0.5) is 8.78 Å². The highest BCUT2D eigenvalue weighted by Gasteiger charge is 2.13.